The summed E-state index contributed by atoms with van der Waals surface area (Å²) in [5, 5.41) is 11.3. The Bertz CT molecular complexity index is 1400. The topological polar surface area (TPSA) is 52.7 Å². The highest BCUT2D eigenvalue weighted by molar-refractivity contribution is 9.10. The van der Waals surface area contributed by atoms with Crippen LogP contribution in [0, 0.1) is 0 Å². The van der Waals surface area contributed by atoms with Crippen molar-refractivity contribution in [1.29, 1.82) is 0 Å². The first-order valence-corrected chi connectivity index (χ1v) is 9.88. The molecule has 0 fully saturated rings. The fourth-order valence-corrected chi connectivity index (χ4v) is 3.80. The van der Waals surface area contributed by atoms with Crippen LogP contribution in [0.4, 0.5) is 0 Å². The van der Waals surface area contributed by atoms with Gasteiger partial charge in [0, 0.05) is 22.1 Å². The largest absolute Gasteiger partial charge is 0.287 e. The second-order valence-corrected chi connectivity index (χ2v) is 7.50. The molecule has 0 saturated heterocycles. The van der Waals surface area contributed by atoms with Crippen LogP contribution < -0.4 is 5.43 Å². The van der Waals surface area contributed by atoms with Gasteiger partial charge in [0.15, 0.2) is 5.69 Å². The molecule has 5 rings (SSSR count). The van der Waals surface area contributed by atoms with Gasteiger partial charge in [0.1, 0.15) is 0 Å². The Morgan fingerprint density at radius 3 is 2.59 bits per heavy atom. The number of hydrogen-bond acceptors (Lipinski definition) is 3. The van der Waals surface area contributed by atoms with Gasteiger partial charge in [-0.15, -0.1) is 0 Å². The third-order valence-electron chi connectivity index (χ3n) is 4.76. The van der Waals surface area contributed by atoms with Crippen LogP contribution in [-0.4, -0.2) is 19.6 Å². The molecular weight excluding hydrogens is 428 g/mol. The van der Waals surface area contributed by atoms with Crippen LogP contribution in [0.15, 0.2) is 101 Å². The number of hydrogen-bond donors (Lipinski definition) is 0. The van der Waals surface area contributed by atoms with Gasteiger partial charge in [0.2, 0.25) is 5.43 Å². The highest BCUT2D eigenvalue weighted by atomic mass is 79.9. The van der Waals surface area contributed by atoms with Crippen molar-refractivity contribution in [2.24, 2.45) is 0 Å². The van der Waals surface area contributed by atoms with Gasteiger partial charge in [-0.2, -0.15) is 10.2 Å². The molecule has 5 nitrogen and oxygen atoms in total. The summed E-state index contributed by atoms with van der Waals surface area (Å²) >= 11 is 3.48. The molecule has 140 valence electrons. The quantitative estimate of drug-likeness (QED) is 0.394. The third-order valence-corrected chi connectivity index (χ3v) is 5.25. The fraction of sp³-hybridized carbons (Fsp3) is 0. The molecule has 0 bridgehead atoms. The minimum absolute atomic E-state index is 0.154. The van der Waals surface area contributed by atoms with E-state index < -0.39 is 0 Å². The maximum absolute atomic E-state index is 12.7. The molecule has 5 aromatic rings. The van der Waals surface area contributed by atoms with E-state index in [0.717, 1.165) is 26.6 Å². The monoisotopic (exact) mass is 442 g/mol. The van der Waals surface area contributed by atoms with Crippen LogP contribution in [0.5, 0.6) is 0 Å². The standard InChI is InChI=1S/C23H15BrN4O/c24-17-7-4-8-18(15-17)27-14-12-22(29)23(26-27)21-11-13-25-28(21)20-10-3-6-16-5-1-2-9-19(16)20/h1-15H. The van der Waals surface area contributed by atoms with Crippen LogP contribution in [0.3, 0.4) is 0 Å². The summed E-state index contributed by atoms with van der Waals surface area (Å²) in [4.78, 5) is 12.7. The normalized spacial score (nSPS) is 11.1. The summed E-state index contributed by atoms with van der Waals surface area (Å²) in [5.41, 5.74) is 2.60. The van der Waals surface area contributed by atoms with E-state index in [1.54, 1.807) is 21.8 Å². The van der Waals surface area contributed by atoms with E-state index in [4.69, 9.17) is 0 Å². The van der Waals surface area contributed by atoms with Crippen molar-refractivity contribution in [3.05, 3.63) is 106 Å². The zero-order valence-electron chi connectivity index (χ0n) is 15.2. The molecular formula is C23H15BrN4O. The molecule has 0 saturated carbocycles. The fourth-order valence-electron chi connectivity index (χ4n) is 3.42. The lowest BCUT2D eigenvalue weighted by Crippen LogP contribution is -2.14. The number of benzene rings is 3. The molecule has 3 aromatic carbocycles. The molecule has 0 amide bonds. The third kappa shape index (κ3) is 3.17. The zero-order valence-corrected chi connectivity index (χ0v) is 16.8. The van der Waals surface area contributed by atoms with E-state index in [1.165, 1.54) is 6.07 Å². The number of rotatable bonds is 3. The van der Waals surface area contributed by atoms with Crippen molar-refractivity contribution in [3.63, 3.8) is 0 Å². The van der Waals surface area contributed by atoms with Crippen LogP contribution in [-0.2, 0) is 0 Å². The predicted octanol–water partition coefficient (Wildman–Crippen LogP) is 5.00. The molecule has 0 aliphatic heterocycles. The molecule has 0 unspecified atom stereocenters. The minimum Gasteiger partial charge on any atom is -0.287 e. The van der Waals surface area contributed by atoms with E-state index in [9.17, 15) is 4.79 Å². The summed E-state index contributed by atoms with van der Waals surface area (Å²) in [6.45, 7) is 0. The van der Waals surface area contributed by atoms with Crippen LogP contribution in [0.2, 0.25) is 0 Å². The molecule has 0 radical (unpaired) electrons. The van der Waals surface area contributed by atoms with Crippen molar-refractivity contribution < 1.29 is 0 Å². The van der Waals surface area contributed by atoms with E-state index in [0.29, 0.717) is 11.4 Å². The van der Waals surface area contributed by atoms with Crippen molar-refractivity contribution in [2.75, 3.05) is 0 Å². The summed E-state index contributed by atoms with van der Waals surface area (Å²) in [7, 11) is 0. The maximum atomic E-state index is 12.7. The SMILES string of the molecule is O=c1ccn(-c2cccc(Br)c2)nc1-c1ccnn1-c1cccc2ccccc12. The number of aromatic nitrogens is 4. The molecule has 2 heterocycles. The number of fused-ring (bicyclic) bond motifs is 1. The molecule has 6 heteroatoms. The molecule has 0 aliphatic carbocycles. The van der Waals surface area contributed by atoms with Crippen molar-refractivity contribution in [1.82, 2.24) is 19.6 Å². The maximum Gasteiger partial charge on any atom is 0.209 e. The van der Waals surface area contributed by atoms with E-state index >= 15 is 0 Å². The van der Waals surface area contributed by atoms with Gasteiger partial charge < -0.3 is 0 Å². The second-order valence-electron chi connectivity index (χ2n) is 6.58. The average molecular weight is 443 g/mol. The van der Waals surface area contributed by atoms with Crippen LogP contribution >= 0.6 is 15.9 Å². The molecule has 2 aromatic heterocycles. The van der Waals surface area contributed by atoms with Gasteiger partial charge in [0.05, 0.1) is 23.3 Å². The van der Waals surface area contributed by atoms with Crippen LogP contribution in [0.25, 0.3) is 33.5 Å². The Hall–Kier alpha value is -3.51. The van der Waals surface area contributed by atoms with Gasteiger partial charge in [-0.05, 0) is 35.7 Å². The summed E-state index contributed by atoms with van der Waals surface area (Å²) in [5.74, 6) is 0. The van der Waals surface area contributed by atoms with E-state index in [2.05, 4.69) is 38.3 Å². The van der Waals surface area contributed by atoms with Gasteiger partial charge in [-0.3, -0.25) is 4.79 Å². The van der Waals surface area contributed by atoms with Gasteiger partial charge in [-0.25, -0.2) is 9.36 Å². The summed E-state index contributed by atoms with van der Waals surface area (Å²) in [6, 6.07) is 25.3. The average Bonchev–Trinajstić information content (AvgIpc) is 3.23. The van der Waals surface area contributed by atoms with E-state index in [-0.39, 0.29) is 5.43 Å². The predicted molar refractivity (Wildman–Crippen MR) is 118 cm³/mol. The first-order chi connectivity index (χ1) is 14.2. The number of nitrogens with zero attached hydrogens (tertiary/aromatic N) is 4. The molecule has 0 aliphatic rings. The minimum atomic E-state index is -0.154. The van der Waals surface area contributed by atoms with Gasteiger partial charge in [0.25, 0.3) is 0 Å². The lowest BCUT2D eigenvalue weighted by molar-refractivity contribution is 0.824. The van der Waals surface area contributed by atoms with Gasteiger partial charge in [-0.1, -0.05) is 58.4 Å². The highest BCUT2D eigenvalue weighted by Gasteiger charge is 2.15. The first kappa shape index (κ1) is 17.6. The summed E-state index contributed by atoms with van der Waals surface area (Å²) in [6.07, 6.45) is 3.36. The Labute approximate surface area is 175 Å². The second kappa shape index (κ2) is 7.14. The van der Waals surface area contributed by atoms with E-state index in [1.807, 2.05) is 60.7 Å². The summed E-state index contributed by atoms with van der Waals surface area (Å²) < 4.78 is 4.41. The lowest BCUT2D eigenvalue weighted by atomic mass is 10.1. The Morgan fingerprint density at radius 1 is 0.862 bits per heavy atom. The Morgan fingerprint density at radius 2 is 1.69 bits per heavy atom. The van der Waals surface area contributed by atoms with Gasteiger partial charge >= 0.3 is 0 Å². The Balaban J connectivity index is 1.70. The molecule has 0 N–H and O–H groups in total. The molecule has 0 atom stereocenters. The van der Waals surface area contributed by atoms with Crippen molar-refractivity contribution in [3.8, 4) is 22.8 Å². The molecule has 0 spiro atoms. The van der Waals surface area contributed by atoms with Crippen molar-refractivity contribution in [2.45, 2.75) is 0 Å². The molecule has 29 heavy (non-hydrogen) atoms. The van der Waals surface area contributed by atoms with Crippen LogP contribution in [0.1, 0.15) is 0 Å². The first-order valence-electron chi connectivity index (χ1n) is 9.09. The number of halogens is 1. The Kier molecular flexibility index (Phi) is 4.33. The highest BCUT2D eigenvalue weighted by Crippen LogP contribution is 2.25. The smallest absolute Gasteiger partial charge is 0.209 e. The lowest BCUT2D eigenvalue weighted by Gasteiger charge is -2.11. The van der Waals surface area contributed by atoms with Crippen molar-refractivity contribution >= 4 is 26.7 Å². The zero-order chi connectivity index (χ0) is 19.8.